The van der Waals surface area contributed by atoms with Gasteiger partial charge in [0.1, 0.15) is 0 Å². The minimum Gasteiger partial charge on any atom is -0.288 e. The number of urea groups is 1. The Balaban J connectivity index is 2.24. The molecule has 0 fully saturated rings. The monoisotopic (exact) mass is 260 g/mol. The van der Waals surface area contributed by atoms with E-state index in [2.05, 4.69) is 0 Å². The SMILES string of the molecule is CN(C(=O)N(C=O)c1ccccc1)c1cccs1. The molecular formula is C13H12N2O2S. The molecule has 1 aromatic carbocycles. The molecule has 1 aromatic heterocycles. The molecule has 2 aromatic rings. The second-order valence-corrected chi connectivity index (χ2v) is 4.53. The first-order valence-corrected chi connectivity index (χ1v) is 6.23. The maximum Gasteiger partial charge on any atom is 0.335 e. The third kappa shape index (κ3) is 2.41. The predicted molar refractivity (Wildman–Crippen MR) is 73.1 cm³/mol. The van der Waals surface area contributed by atoms with Crippen LogP contribution in [0.15, 0.2) is 47.8 Å². The smallest absolute Gasteiger partial charge is 0.288 e. The number of carbonyl (C=O) groups is 2. The molecule has 0 radical (unpaired) electrons. The Morgan fingerprint density at radius 2 is 1.89 bits per heavy atom. The summed E-state index contributed by atoms with van der Waals surface area (Å²) in [5, 5.41) is 2.68. The van der Waals surface area contributed by atoms with Crippen molar-refractivity contribution in [3.8, 4) is 0 Å². The highest BCUT2D eigenvalue weighted by Gasteiger charge is 2.20. The summed E-state index contributed by atoms with van der Waals surface area (Å²) in [6.45, 7) is 0. The van der Waals surface area contributed by atoms with Crippen molar-refractivity contribution in [2.24, 2.45) is 0 Å². The van der Waals surface area contributed by atoms with E-state index in [-0.39, 0.29) is 6.03 Å². The first kappa shape index (κ1) is 12.3. The molecule has 0 unspecified atom stereocenters. The lowest BCUT2D eigenvalue weighted by atomic mass is 10.3. The zero-order valence-corrected chi connectivity index (χ0v) is 10.6. The highest BCUT2D eigenvalue weighted by atomic mass is 32.1. The van der Waals surface area contributed by atoms with Gasteiger partial charge in [0.25, 0.3) is 0 Å². The largest absolute Gasteiger partial charge is 0.335 e. The van der Waals surface area contributed by atoms with Crippen LogP contribution in [0.1, 0.15) is 0 Å². The van der Waals surface area contributed by atoms with Crippen LogP contribution in [0.3, 0.4) is 0 Å². The Morgan fingerprint density at radius 1 is 1.17 bits per heavy atom. The molecule has 3 amide bonds. The lowest BCUT2D eigenvalue weighted by Gasteiger charge is -2.22. The number of hydrogen-bond acceptors (Lipinski definition) is 3. The topological polar surface area (TPSA) is 40.6 Å². The summed E-state index contributed by atoms with van der Waals surface area (Å²) in [6, 6.07) is 12.1. The fraction of sp³-hybridized carbons (Fsp3) is 0.0769. The van der Waals surface area contributed by atoms with Crippen molar-refractivity contribution >= 4 is 34.5 Å². The summed E-state index contributed by atoms with van der Waals surface area (Å²) in [6.07, 6.45) is 0.530. The summed E-state index contributed by atoms with van der Waals surface area (Å²) in [4.78, 5) is 25.8. The van der Waals surface area contributed by atoms with E-state index in [9.17, 15) is 9.59 Å². The van der Waals surface area contributed by atoms with Crippen LogP contribution in [0.25, 0.3) is 0 Å². The summed E-state index contributed by atoms with van der Waals surface area (Å²) in [5.41, 5.74) is 0.556. The molecular weight excluding hydrogens is 248 g/mol. The Labute approximate surface area is 109 Å². The van der Waals surface area contributed by atoms with E-state index < -0.39 is 0 Å². The highest BCUT2D eigenvalue weighted by Crippen LogP contribution is 2.22. The molecule has 1 heterocycles. The number of amides is 3. The van der Waals surface area contributed by atoms with Crippen LogP contribution in [0, 0.1) is 0 Å². The number of nitrogens with zero attached hydrogens (tertiary/aromatic N) is 2. The van der Waals surface area contributed by atoms with E-state index in [1.165, 1.54) is 16.2 Å². The van der Waals surface area contributed by atoms with Gasteiger partial charge >= 0.3 is 6.03 Å². The first-order chi connectivity index (χ1) is 8.74. The average molecular weight is 260 g/mol. The van der Waals surface area contributed by atoms with Crippen molar-refractivity contribution in [1.29, 1.82) is 0 Å². The van der Waals surface area contributed by atoms with Crippen LogP contribution in [-0.2, 0) is 4.79 Å². The van der Waals surface area contributed by atoms with Crippen LogP contribution in [0.2, 0.25) is 0 Å². The molecule has 5 heteroatoms. The van der Waals surface area contributed by atoms with E-state index in [0.717, 1.165) is 9.90 Å². The van der Waals surface area contributed by atoms with Gasteiger partial charge in [-0.05, 0) is 29.6 Å². The maximum absolute atomic E-state index is 12.2. The second kappa shape index (κ2) is 5.46. The van der Waals surface area contributed by atoms with Crippen molar-refractivity contribution in [3.63, 3.8) is 0 Å². The Morgan fingerprint density at radius 3 is 2.44 bits per heavy atom. The van der Waals surface area contributed by atoms with Crippen LogP contribution < -0.4 is 9.80 Å². The van der Waals surface area contributed by atoms with Gasteiger partial charge in [-0.3, -0.25) is 9.69 Å². The Kier molecular flexibility index (Phi) is 3.74. The van der Waals surface area contributed by atoms with Gasteiger partial charge in [0, 0.05) is 7.05 Å². The Bertz CT molecular complexity index is 525. The van der Waals surface area contributed by atoms with Crippen molar-refractivity contribution in [3.05, 3.63) is 47.8 Å². The van der Waals surface area contributed by atoms with E-state index in [1.807, 2.05) is 23.6 Å². The molecule has 2 rings (SSSR count). The lowest BCUT2D eigenvalue weighted by Crippen LogP contribution is -2.40. The summed E-state index contributed by atoms with van der Waals surface area (Å²) >= 11 is 1.44. The van der Waals surface area contributed by atoms with Gasteiger partial charge in [-0.2, -0.15) is 0 Å². The standard InChI is InChI=1S/C13H12N2O2S/c1-14(12-8-5-9-18-12)13(17)15(10-16)11-6-3-2-4-7-11/h2-10H,1H3. The summed E-state index contributed by atoms with van der Waals surface area (Å²) in [5.74, 6) is 0. The summed E-state index contributed by atoms with van der Waals surface area (Å²) < 4.78 is 0. The minimum absolute atomic E-state index is 0.376. The van der Waals surface area contributed by atoms with E-state index in [0.29, 0.717) is 12.1 Å². The third-order valence-corrected chi connectivity index (χ3v) is 3.41. The highest BCUT2D eigenvalue weighted by molar-refractivity contribution is 7.14. The molecule has 92 valence electrons. The van der Waals surface area contributed by atoms with Crippen molar-refractivity contribution in [2.45, 2.75) is 0 Å². The van der Waals surface area contributed by atoms with E-state index in [1.54, 1.807) is 31.3 Å². The van der Waals surface area contributed by atoms with Gasteiger partial charge in [-0.15, -0.1) is 11.3 Å². The lowest BCUT2D eigenvalue weighted by molar-refractivity contribution is -0.106. The van der Waals surface area contributed by atoms with Crippen LogP contribution in [0.5, 0.6) is 0 Å². The molecule has 0 N–H and O–H groups in total. The molecule has 18 heavy (non-hydrogen) atoms. The fourth-order valence-corrected chi connectivity index (χ4v) is 2.21. The van der Waals surface area contributed by atoms with E-state index >= 15 is 0 Å². The van der Waals surface area contributed by atoms with Gasteiger partial charge in [0.05, 0.1) is 10.7 Å². The van der Waals surface area contributed by atoms with E-state index in [4.69, 9.17) is 0 Å². The normalized spacial score (nSPS) is 9.83. The summed E-state index contributed by atoms with van der Waals surface area (Å²) in [7, 11) is 1.65. The van der Waals surface area contributed by atoms with Crippen molar-refractivity contribution in [1.82, 2.24) is 0 Å². The fourth-order valence-electron chi connectivity index (χ4n) is 1.52. The molecule has 4 nitrogen and oxygen atoms in total. The Hall–Kier alpha value is -2.14. The molecule has 0 atom stereocenters. The van der Waals surface area contributed by atoms with Crippen LogP contribution in [-0.4, -0.2) is 19.5 Å². The molecule has 0 aliphatic carbocycles. The first-order valence-electron chi connectivity index (χ1n) is 5.35. The molecule has 0 aliphatic heterocycles. The molecule has 0 saturated carbocycles. The number of rotatable bonds is 3. The molecule has 0 spiro atoms. The van der Waals surface area contributed by atoms with Gasteiger partial charge in [-0.25, -0.2) is 9.69 Å². The number of anilines is 2. The average Bonchev–Trinajstić information content (AvgIpc) is 2.94. The van der Waals surface area contributed by atoms with Gasteiger partial charge < -0.3 is 0 Å². The molecule has 0 bridgehead atoms. The van der Waals surface area contributed by atoms with Gasteiger partial charge in [0.2, 0.25) is 6.41 Å². The number of hydrogen-bond donors (Lipinski definition) is 0. The quantitative estimate of drug-likeness (QED) is 0.796. The van der Waals surface area contributed by atoms with Gasteiger partial charge in [-0.1, -0.05) is 18.2 Å². The molecule has 0 aliphatic rings. The maximum atomic E-state index is 12.2. The third-order valence-electron chi connectivity index (χ3n) is 2.47. The number of para-hydroxylation sites is 1. The van der Waals surface area contributed by atoms with Crippen molar-refractivity contribution in [2.75, 3.05) is 16.8 Å². The van der Waals surface area contributed by atoms with Crippen molar-refractivity contribution < 1.29 is 9.59 Å². The predicted octanol–water partition coefficient (Wildman–Crippen LogP) is 2.97. The minimum atomic E-state index is -0.376. The number of thiophene rings is 1. The number of carbonyl (C=O) groups excluding carboxylic acids is 2. The van der Waals surface area contributed by atoms with Crippen LogP contribution >= 0.6 is 11.3 Å². The zero-order valence-electron chi connectivity index (χ0n) is 9.82. The number of benzene rings is 1. The van der Waals surface area contributed by atoms with Gasteiger partial charge in [0.15, 0.2) is 0 Å². The molecule has 0 saturated heterocycles. The zero-order chi connectivity index (χ0) is 13.0. The second-order valence-electron chi connectivity index (χ2n) is 3.60. The van der Waals surface area contributed by atoms with Crippen LogP contribution in [0.4, 0.5) is 15.5 Å². The number of imide groups is 1.